The summed E-state index contributed by atoms with van der Waals surface area (Å²) in [5.74, 6) is -0.451. The molecule has 8 heteroatoms. The van der Waals surface area contributed by atoms with Crippen molar-refractivity contribution in [3.63, 3.8) is 0 Å². The Morgan fingerprint density at radius 3 is 2.42 bits per heavy atom. The van der Waals surface area contributed by atoms with Gasteiger partial charge in [0.25, 0.3) is 5.91 Å². The number of carbonyl (C=O) groups is 2. The maximum atomic E-state index is 13.5. The van der Waals surface area contributed by atoms with Gasteiger partial charge in [0.2, 0.25) is 5.78 Å². The molecule has 0 aliphatic carbocycles. The lowest BCUT2D eigenvalue weighted by Crippen LogP contribution is -2.26. The van der Waals surface area contributed by atoms with E-state index in [-0.39, 0.29) is 28.8 Å². The molecule has 0 bridgehead atoms. The maximum Gasteiger partial charge on any atom is 0.255 e. The Morgan fingerprint density at radius 2 is 1.64 bits per heavy atom. The minimum atomic E-state index is -0.343. The van der Waals surface area contributed by atoms with E-state index < -0.39 is 0 Å². The molecule has 36 heavy (non-hydrogen) atoms. The SMILES string of the molecule is Nc1[nH]c(C(=O)c2ccc(Br)cc2)c(-c2ccccc2Br)c1C(=O)NCCc1c[nH]c2ccccc12. The van der Waals surface area contributed by atoms with E-state index in [4.69, 9.17) is 5.73 Å². The number of amides is 1. The topological polar surface area (TPSA) is 104 Å². The molecule has 5 N–H and O–H groups in total. The van der Waals surface area contributed by atoms with Gasteiger partial charge in [-0.2, -0.15) is 0 Å². The summed E-state index contributed by atoms with van der Waals surface area (Å²) in [6.45, 7) is 0.413. The highest BCUT2D eigenvalue weighted by molar-refractivity contribution is 9.10. The highest BCUT2D eigenvalue weighted by Crippen LogP contribution is 2.37. The molecule has 3 aromatic carbocycles. The van der Waals surface area contributed by atoms with Gasteiger partial charge in [-0.3, -0.25) is 9.59 Å². The molecule has 0 aliphatic rings. The van der Waals surface area contributed by atoms with Crippen LogP contribution in [0.4, 0.5) is 5.82 Å². The first-order valence-electron chi connectivity index (χ1n) is 11.3. The second-order valence-corrected chi connectivity index (χ2v) is 10.1. The summed E-state index contributed by atoms with van der Waals surface area (Å²) in [7, 11) is 0. The number of ketones is 1. The third-order valence-electron chi connectivity index (χ3n) is 6.09. The van der Waals surface area contributed by atoms with Crippen molar-refractivity contribution in [3.8, 4) is 11.1 Å². The predicted octanol–water partition coefficient (Wildman–Crippen LogP) is 6.47. The molecule has 0 spiro atoms. The van der Waals surface area contributed by atoms with Crippen LogP contribution in [0.3, 0.4) is 0 Å². The van der Waals surface area contributed by atoms with Gasteiger partial charge < -0.3 is 21.0 Å². The number of fused-ring (bicyclic) bond motifs is 1. The number of nitrogens with two attached hydrogens (primary N) is 1. The summed E-state index contributed by atoms with van der Waals surface area (Å²) in [6.07, 6.45) is 2.61. The first-order valence-corrected chi connectivity index (χ1v) is 12.9. The maximum absolute atomic E-state index is 13.5. The number of para-hydroxylation sites is 1. The molecule has 0 saturated heterocycles. The van der Waals surface area contributed by atoms with Crippen LogP contribution in [-0.4, -0.2) is 28.2 Å². The minimum absolute atomic E-state index is 0.144. The molecule has 5 aromatic rings. The van der Waals surface area contributed by atoms with Gasteiger partial charge in [-0.25, -0.2) is 0 Å². The van der Waals surface area contributed by atoms with Gasteiger partial charge in [0.05, 0.1) is 11.3 Å². The number of hydrogen-bond donors (Lipinski definition) is 4. The molecular weight excluding hydrogens is 584 g/mol. The number of aromatic amines is 2. The van der Waals surface area contributed by atoms with Crippen LogP contribution in [0.5, 0.6) is 0 Å². The number of aromatic nitrogens is 2. The summed E-state index contributed by atoms with van der Waals surface area (Å²) in [4.78, 5) is 33.2. The van der Waals surface area contributed by atoms with Crippen LogP contribution in [0.1, 0.15) is 32.0 Å². The van der Waals surface area contributed by atoms with Gasteiger partial charge in [-0.05, 0) is 53.9 Å². The van der Waals surface area contributed by atoms with Gasteiger partial charge in [0.1, 0.15) is 5.82 Å². The quantitative estimate of drug-likeness (QED) is 0.160. The van der Waals surface area contributed by atoms with Crippen LogP contribution >= 0.6 is 31.9 Å². The van der Waals surface area contributed by atoms with Gasteiger partial charge in [-0.15, -0.1) is 0 Å². The van der Waals surface area contributed by atoms with E-state index in [9.17, 15) is 9.59 Å². The first kappa shape index (κ1) is 24.1. The Bertz CT molecular complexity index is 1590. The molecule has 0 aliphatic heterocycles. The minimum Gasteiger partial charge on any atom is -0.385 e. The standard InChI is InChI=1S/C28H22Br2N4O2/c29-18-11-9-16(10-12-18)26(35)25-23(20-6-1-3-7-21(20)30)24(27(31)34-25)28(36)32-14-13-17-15-33-22-8-4-2-5-19(17)22/h1-12,15,33-34H,13-14,31H2,(H,32,36). The lowest BCUT2D eigenvalue weighted by atomic mass is 9.96. The average molecular weight is 606 g/mol. The lowest BCUT2D eigenvalue weighted by Gasteiger charge is -2.11. The van der Waals surface area contributed by atoms with E-state index in [1.54, 1.807) is 24.3 Å². The van der Waals surface area contributed by atoms with Crippen LogP contribution in [0.25, 0.3) is 22.0 Å². The number of anilines is 1. The predicted molar refractivity (Wildman–Crippen MR) is 150 cm³/mol. The first-order chi connectivity index (χ1) is 17.4. The fourth-order valence-corrected chi connectivity index (χ4v) is 5.09. The Balaban J connectivity index is 1.48. The van der Waals surface area contributed by atoms with E-state index in [2.05, 4.69) is 53.2 Å². The van der Waals surface area contributed by atoms with Crippen molar-refractivity contribution in [1.29, 1.82) is 0 Å². The third-order valence-corrected chi connectivity index (χ3v) is 7.31. The van der Waals surface area contributed by atoms with Gasteiger partial charge in [0.15, 0.2) is 0 Å². The molecule has 6 nitrogen and oxygen atoms in total. The summed E-state index contributed by atoms with van der Waals surface area (Å²) in [5, 5.41) is 4.12. The van der Waals surface area contributed by atoms with Crippen molar-refractivity contribution in [2.45, 2.75) is 6.42 Å². The van der Waals surface area contributed by atoms with Crippen molar-refractivity contribution in [2.75, 3.05) is 12.3 Å². The van der Waals surface area contributed by atoms with Crippen molar-refractivity contribution in [3.05, 3.63) is 110 Å². The summed E-state index contributed by atoms with van der Waals surface area (Å²) in [5.41, 5.74) is 10.7. The van der Waals surface area contributed by atoms with Crippen LogP contribution in [-0.2, 0) is 6.42 Å². The summed E-state index contributed by atoms with van der Waals surface area (Å²) < 4.78 is 1.62. The molecule has 0 atom stereocenters. The largest absolute Gasteiger partial charge is 0.385 e. The molecule has 1 amide bonds. The molecule has 180 valence electrons. The van der Waals surface area contributed by atoms with Crippen LogP contribution in [0, 0.1) is 0 Å². The van der Waals surface area contributed by atoms with E-state index in [1.807, 2.05) is 48.7 Å². The van der Waals surface area contributed by atoms with Crippen molar-refractivity contribution in [2.24, 2.45) is 0 Å². The van der Waals surface area contributed by atoms with E-state index >= 15 is 0 Å². The Labute approximate surface area is 224 Å². The van der Waals surface area contributed by atoms with E-state index in [0.717, 1.165) is 25.4 Å². The molecule has 5 rings (SSSR count). The zero-order valence-electron chi connectivity index (χ0n) is 19.1. The fraction of sp³-hybridized carbons (Fsp3) is 0.0714. The van der Waals surface area contributed by atoms with Gasteiger partial charge >= 0.3 is 0 Å². The number of benzene rings is 3. The lowest BCUT2D eigenvalue weighted by molar-refractivity contribution is 0.0955. The van der Waals surface area contributed by atoms with E-state index in [0.29, 0.717) is 29.7 Å². The second kappa shape index (κ2) is 10.2. The van der Waals surface area contributed by atoms with Crippen molar-refractivity contribution in [1.82, 2.24) is 15.3 Å². The molecule has 0 saturated carbocycles. The highest BCUT2D eigenvalue weighted by atomic mass is 79.9. The number of rotatable bonds is 7. The van der Waals surface area contributed by atoms with E-state index in [1.165, 1.54) is 0 Å². The molecule has 0 fully saturated rings. The average Bonchev–Trinajstić information content (AvgIpc) is 3.45. The Morgan fingerprint density at radius 1 is 0.917 bits per heavy atom. The molecule has 2 heterocycles. The Kier molecular flexibility index (Phi) is 6.80. The van der Waals surface area contributed by atoms with Crippen LogP contribution in [0.2, 0.25) is 0 Å². The summed E-state index contributed by atoms with van der Waals surface area (Å²) in [6, 6.07) is 22.6. The van der Waals surface area contributed by atoms with Gasteiger partial charge in [-0.1, -0.05) is 68.3 Å². The van der Waals surface area contributed by atoms with Crippen molar-refractivity contribution < 1.29 is 9.59 Å². The number of nitrogens with one attached hydrogen (secondary N) is 3. The summed E-state index contributed by atoms with van der Waals surface area (Å²) >= 11 is 6.97. The number of nitrogen functional groups attached to an aromatic ring is 1. The fourth-order valence-electron chi connectivity index (χ4n) is 4.34. The zero-order chi connectivity index (χ0) is 25.2. The molecular formula is C28H22Br2N4O2. The smallest absolute Gasteiger partial charge is 0.255 e. The molecule has 0 radical (unpaired) electrons. The van der Waals surface area contributed by atoms with Crippen LogP contribution in [0.15, 0.2) is 87.9 Å². The second-order valence-electron chi connectivity index (χ2n) is 8.34. The normalized spacial score (nSPS) is 11.1. The van der Waals surface area contributed by atoms with Gasteiger partial charge in [0, 0.05) is 43.7 Å². The molecule has 2 aromatic heterocycles. The zero-order valence-corrected chi connectivity index (χ0v) is 22.2. The number of H-pyrrole nitrogens is 2. The number of hydrogen-bond acceptors (Lipinski definition) is 3. The number of carbonyl (C=O) groups excluding carboxylic acids is 2. The van der Waals surface area contributed by atoms with Crippen molar-refractivity contribution >= 4 is 60.3 Å². The molecule has 0 unspecified atom stereocenters. The Hall–Kier alpha value is -3.62. The highest BCUT2D eigenvalue weighted by Gasteiger charge is 2.28. The number of halogens is 2. The van der Waals surface area contributed by atoms with Crippen LogP contribution < -0.4 is 11.1 Å². The monoisotopic (exact) mass is 604 g/mol. The third kappa shape index (κ3) is 4.62.